The van der Waals surface area contributed by atoms with Crippen LogP contribution in [0.5, 0.6) is 0 Å². The van der Waals surface area contributed by atoms with Crippen LogP contribution in [0, 0.1) is 17.1 Å². The summed E-state index contributed by atoms with van der Waals surface area (Å²) >= 11 is 0. The lowest BCUT2D eigenvalue weighted by molar-refractivity contribution is -0.138. The van der Waals surface area contributed by atoms with Crippen LogP contribution in [0.4, 0.5) is 29.2 Å². The molecule has 43 heavy (non-hydrogen) atoms. The van der Waals surface area contributed by atoms with Crippen LogP contribution in [0.15, 0.2) is 61.2 Å². The lowest BCUT2D eigenvalue weighted by atomic mass is 9.84. The molecule has 6 rings (SSSR count). The number of halogens is 4. The minimum Gasteiger partial charge on any atom is -0.338 e. The first-order valence-electron chi connectivity index (χ1n) is 13.3. The average molecular weight is 593 g/mol. The number of nitriles is 1. The number of nitrogens with one attached hydrogen (secondary N) is 1. The molecule has 1 amide bonds. The molecule has 1 N–H and O–H groups in total. The van der Waals surface area contributed by atoms with Crippen molar-refractivity contribution in [2.45, 2.75) is 31.0 Å². The van der Waals surface area contributed by atoms with Crippen molar-refractivity contribution < 1.29 is 22.4 Å². The summed E-state index contributed by atoms with van der Waals surface area (Å²) in [5, 5.41) is 26.0. The summed E-state index contributed by atoms with van der Waals surface area (Å²) in [6, 6.07) is 9.73. The monoisotopic (exact) mass is 592 g/mol. The summed E-state index contributed by atoms with van der Waals surface area (Å²) in [5.74, 6) is -1.54. The number of pyridine rings is 1. The normalized spacial score (nSPS) is 15.0. The van der Waals surface area contributed by atoms with Crippen molar-refractivity contribution in [2.24, 2.45) is 7.05 Å². The maximum atomic E-state index is 13.6. The average Bonchev–Trinajstić information content (AvgIpc) is 3.73. The van der Waals surface area contributed by atoms with Crippen molar-refractivity contribution >= 4 is 23.2 Å². The van der Waals surface area contributed by atoms with E-state index in [1.165, 1.54) is 4.90 Å². The van der Waals surface area contributed by atoms with Gasteiger partial charge < -0.3 is 10.2 Å². The van der Waals surface area contributed by atoms with Crippen molar-refractivity contribution in [3.63, 3.8) is 0 Å². The highest BCUT2D eigenvalue weighted by Gasteiger charge is 2.41. The third kappa shape index (κ3) is 5.27. The Kier molecular flexibility index (Phi) is 6.83. The predicted octanol–water partition coefficient (Wildman–Crippen LogP) is 4.77. The fourth-order valence-electron chi connectivity index (χ4n) is 5.37. The van der Waals surface area contributed by atoms with Crippen LogP contribution in [0.3, 0.4) is 0 Å². The predicted molar refractivity (Wildman–Crippen MR) is 145 cm³/mol. The molecule has 5 heterocycles. The summed E-state index contributed by atoms with van der Waals surface area (Å²) in [4.78, 5) is 18.9. The van der Waals surface area contributed by atoms with Gasteiger partial charge in [-0.25, -0.2) is 8.91 Å². The van der Waals surface area contributed by atoms with Gasteiger partial charge in [-0.1, -0.05) is 6.07 Å². The Balaban J connectivity index is 1.24. The van der Waals surface area contributed by atoms with E-state index in [1.54, 1.807) is 45.7 Å². The first-order valence-corrected chi connectivity index (χ1v) is 13.3. The molecular formula is C28H24F4N10O. The van der Waals surface area contributed by atoms with Crippen LogP contribution < -0.4 is 5.32 Å². The zero-order chi connectivity index (χ0) is 30.4. The zero-order valence-corrected chi connectivity index (χ0v) is 22.8. The van der Waals surface area contributed by atoms with Crippen molar-refractivity contribution in [1.82, 2.24) is 39.1 Å². The molecule has 1 aliphatic rings. The minimum atomic E-state index is -4.89. The van der Waals surface area contributed by atoms with E-state index in [9.17, 15) is 27.6 Å². The molecule has 1 aliphatic heterocycles. The van der Waals surface area contributed by atoms with Gasteiger partial charge in [0.05, 0.1) is 52.9 Å². The van der Waals surface area contributed by atoms with Crippen molar-refractivity contribution in [3.05, 3.63) is 78.1 Å². The number of benzene rings is 1. The number of amides is 1. The number of anilines is 2. The summed E-state index contributed by atoms with van der Waals surface area (Å²) in [6.45, 7) is 0.179. The van der Waals surface area contributed by atoms with Gasteiger partial charge in [0.1, 0.15) is 5.82 Å². The Bertz CT molecular complexity index is 1860. The maximum Gasteiger partial charge on any atom is 0.417 e. The first-order chi connectivity index (χ1) is 20.6. The molecule has 0 spiro atoms. The van der Waals surface area contributed by atoms with E-state index in [0.717, 1.165) is 17.8 Å². The summed E-state index contributed by atoms with van der Waals surface area (Å²) < 4.78 is 59.2. The van der Waals surface area contributed by atoms with Crippen LogP contribution >= 0.6 is 0 Å². The minimum absolute atomic E-state index is 0.0766. The number of aryl methyl sites for hydroxylation is 1. The van der Waals surface area contributed by atoms with Gasteiger partial charge in [-0.05, 0) is 43.2 Å². The molecule has 0 atom stereocenters. The Morgan fingerprint density at radius 1 is 1.12 bits per heavy atom. The van der Waals surface area contributed by atoms with E-state index < -0.39 is 34.6 Å². The van der Waals surface area contributed by atoms with Gasteiger partial charge in [0.25, 0.3) is 5.91 Å². The number of likely N-dealkylation sites (tertiary alicyclic amines) is 1. The van der Waals surface area contributed by atoms with Gasteiger partial charge in [-0.15, -0.1) is 5.10 Å². The molecule has 1 saturated heterocycles. The van der Waals surface area contributed by atoms with E-state index in [2.05, 4.69) is 31.7 Å². The summed E-state index contributed by atoms with van der Waals surface area (Å²) in [7, 11) is 1.80. The summed E-state index contributed by atoms with van der Waals surface area (Å²) in [6.07, 6.45) is 2.63. The molecule has 0 radical (unpaired) electrons. The number of piperidine rings is 1. The lowest BCUT2D eigenvalue weighted by Gasteiger charge is -2.41. The quantitative estimate of drug-likeness (QED) is 0.282. The third-order valence-electron chi connectivity index (χ3n) is 7.59. The highest BCUT2D eigenvalue weighted by Crippen LogP contribution is 2.37. The Morgan fingerprint density at radius 2 is 1.91 bits per heavy atom. The van der Waals surface area contributed by atoms with Gasteiger partial charge in [-0.2, -0.15) is 33.6 Å². The van der Waals surface area contributed by atoms with E-state index in [1.807, 2.05) is 18.2 Å². The number of aromatic nitrogens is 7. The third-order valence-corrected chi connectivity index (χ3v) is 7.59. The van der Waals surface area contributed by atoms with Gasteiger partial charge in [0, 0.05) is 38.1 Å². The second-order valence-electron chi connectivity index (χ2n) is 10.4. The van der Waals surface area contributed by atoms with Crippen LogP contribution in [0.1, 0.15) is 35.2 Å². The van der Waals surface area contributed by atoms with E-state index >= 15 is 0 Å². The fraction of sp³-hybridized carbons (Fsp3) is 0.286. The number of hydrogen-bond acceptors (Lipinski definition) is 7. The largest absolute Gasteiger partial charge is 0.417 e. The van der Waals surface area contributed by atoms with Gasteiger partial charge >= 0.3 is 6.18 Å². The van der Waals surface area contributed by atoms with Crippen molar-refractivity contribution in [2.75, 3.05) is 18.4 Å². The number of alkyl halides is 3. The number of nitrogens with zero attached hydrogens (tertiary/aromatic N) is 9. The Morgan fingerprint density at radius 3 is 2.60 bits per heavy atom. The molecule has 220 valence electrons. The zero-order valence-electron chi connectivity index (χ0n) is 22.8. The van der Waals surface area contributed by atoms with E-state index in [-0.39, 0.29) is 32.4 Å². The first kappa shape index (κ1) is 27.9. The molecule has 0 saturated carbocycles. The molecule has 1 fully saturated rings. The molecule has 5 aromatic rings. The fourth-order valence-corrected chi connectivity index (χ4v) is 5.37. The molecule has 11 nitrogen and oxygen atoms in total. The Labute approximate surface area is 242 Å². The van der Waals surface area contributed by atoms with Gasteiger partial charge in [0.2, 0.25) is 5.95 Å². The summed E-state index contributed by atoms with van der Waals surface area (Å²) in [5.41, 5.74) is 0.0133. The maximum absolute atomic E-state index is 13.6. The van der Waals surface area contributed by atoms with Crippen molar-refractivity contribution in [3.8, 4) is 17.3 Å². The second kappa shape index (κ2) is 10.5. The smallest absolute Gasteiger partial charge is 0.338 e. The SMILES string of the molecule is Cn1cc(Nc2nc3cccc(-c4cnn(C5(CC#N)CCN(C(=O)c6ccc(F)cc6C(F)(F)F)CC5)c4)n3n2)cn1. The number of carbonyl (C=O) groups is 1. The molecule has 15 heteroatoms. The van der Waals surface area contributed by atoms with Crippen LogP contribution in [-0.4, -0.2) is 58.1 Å². The highest BCUT2D eigenvalue weighted by atomic mass is 19.4. The number of fused-ring (bicyclic) bond motifs is 1. The Hall–Kier alpha value is -5.26. The lowest BCUT2D eigenvalue weighted by Crippen LogP contribution is -2.48. The van der Waals surface area contributed by atoms with Crippen LogP contribution in [-0.2, 0) is 18.8 Å². The highest BCUT2D eigenvalue weighted by molar-refractivity contribution is 5.96. The van der Waals surface area contributed by atoms with Crippen molar-refractivity contribution in [1.29, 1.82) is 5.26 Å². The van der Waals surface area contributed by atoms with Gasteiger partial charge in [-0.3, -0.25) is 14.2 Å². The standard InChI is InChI=1S/C28H24F4N10O/c1-39-17-20(15-34-39)36-26-37-24-4-2-3-23(42(24)38-26)18-14-35-41(16-18)27(7-10-33)8-11-40(12-9-27)25(43)21-6-5-19(29)13-22(21)28(30,31)32/h2-6,13-17H,7-9,11-12H2,1H3,(H,36,38). The van der Waals surface area contributed by atoms with Crippen LogP contribution in [0.2, 0.25) is 0 Å². The molecule has 0 unspecified atom stereocenters. The second-order valence-corrected chi connectivity index (χ2v) is 10.4. The number of carbonyl (C=O) groups excluding carboxylic acids is 1. The van der Waals surface area contributed by atoms with E-state index in [0.29, 0.717) is 28.9 Å². The molecule has 0 bridgehead atoms. The van der Waals surface area contributed by atoms with E-state index in [4.69, 9.17) is 0 Å². The molecule has 4 aromatic heterocycles. The number of rotatable bonds is 6. The molecule has 1 aromatic carbocycles. The topological polar surface area (TPSA) is 122 Å². The number of hydrogen-bond donors (Lipinski definition) is 1. The molecule has 0 aliphatic carbocycles. The molecular weight excluding hydrogens is 568 g/mol. The van der Waals surface area contributed by atoms with Gasteiger partial charge in [0.15, 0.2) is 5.65 Å². The van der Waals surface area contributed by atoms with Crippen LogP contribution in [0.25, 0.3) is 16.9 Å².